The van der Waals surface area contributed by atoms with Crippen LogP contribution in [0.15, 0.2) is 29.2 Å². The number of carbonyl (C=O) groups is 1. The van der Waals surface area contributed by atoms with Crippen molar-refractivity contribution in [1.82, 2.24) is 9.55 Å². The van der Waals surface area contributed by atoms with Crippen LogP contribution in [0.1, 0.15) is 10.4 Å². The molecule has 1 aromatic heterocycles. The minimum Gasteiger partial charge on any atom is -0.465 e. The second-order valence-electron chi connectivity index (χ2n) is 3.35. The molecule has 0 spiro atoms. The number of hydrogen-bond donors (Lipinski definition) is 0. The van der Waals surface area contributed by atoms with Crippen LogP contribution < -0.4 is 5.56 Å². The van der Waals surface area contributed by atoms with Crippen LogP contribution in [-0.2, 0) is 11.8 Å². The summed E-state index contributed by atoms with van der Waals surface area (Å²) >= 11 is 0. The molecule has 2 rings (SSSR count). The van der Waals surface area contributed by atoms with Gasteiger partial charge in [0.2, 0.25) is 0 Å². The molecule has 0 saturated heterocycles. The number of ether oxygens (including phenoxy) is 1. The van der Waals surface area contributed by atoms with E-state index in [4.69, 9.17) is 0 Å². The van der Waals surface area contributed by atoms with E-state index in [0.29, 0.717) is 16.6 Å². The number of benzene rings is 1. The van der Waals surface area contributed by atoms with Crippen LogP contribution in [0.4, 0.5) is 0 Å². The molecule has 0 N–H and O–H groups in total. The van der Waals surface area contributed by atoms with Crippen molar-refractivity contribution < 1.29 is 9.53 Å². The average molecular weight is 218 g/mol. The van der Waals surface area contributed by atoms with Crippen molar-refractivity contribution in [2.24, 2.45) is 7.05 Å². The van der Waals surface area contributed by atoms with E-state index in [0.717, 1.165) is 0 Å². The molecule has 0 saturated carbocycles. The summed E-state index contributed by atoms with van der Waals surface area (Å²) in [6, 6.07) is 4.88. The van der Waals surface area contributed by atoms with E-state index in [9.17, 15) is 9.59 Å². The molecule has 1 aromatic carbocycles. The first-order chi connectivity index (χ1) is 7.63. The first kappa shape index (κ1) is 10.4. The minimum absolute atomic E-state index is 0.182. The molecular formula is C11H10N2O3. The molecule has 0 aliphatic rings. The Kier molecular flexibility index (Phi) is 2.44. The number of fused-ring (bicyclic) bond motifs is 1. The molecule has 82 valence electrons. The zero-order valence-corrected chi connectivity index (χ0v) is 8.93. The van der Waals surface area contributed by atoms with E-state index in [1.807, 2.05) is 0 Å². The van der Waals surface area contributed by atoms with Crippen LogP contribution in [-0.4, -0.2) is 22.6 Å². The number of aromatic nitrogens is 2. The Morgan fingerprint density at radius 3 is 2.88 bits per heavy atom. The van der Waals surface area contributed by atoms with E-state index >= 15 is 0 Å². The van der Waals surface area contributed by atoms with Gasteiger partial charge < -0.3 is 9.30 Å². The van der Waals surface area contributed by atoms with Crippen LogP contribution in [0.5, 0.6) is 0 Å². The highest BCUT2D eigenvalue weighted by molar-refractivity contribution is 5.93. The quantitative estimate of drug-likeness (QED) is 0.662. The van der Waals surface area contributed by atoms with Gasteiger partial charge in [0.05, 0.1) is 29.9 Å². The zero-order chi connectivity index (χ0) is 11.7. The highest BCUT2D eigenvalue weighted by Crippen LogP contribution is 2.12. The van der Waals surface area contributed by atoms with E-state index in [1.54, 1.807) is 25.2 Å². The van der Waals surface area contributed by atoms with Gasteiger partial charge in [0, 0.05) is 7.05 Å². The largest absolute Gasteiger partial charge is 0.465 e. The first-order valence-electron chi connectivity index (χ1n) is 4.67. The van der Waals surface area contributed by atoms with Crippen LogP contribution >= 0.6 is 0 Å². The lowest BCUT2D eigenvalue weighted by Crippen LogP contribution is -2.16. The van der Waals surface area contributed by atoms with Crippen molar-refractivity contribution in [3.05, 3.63) is 40.3 Å². The lowest BCUT2D eigenvalue weighted by atomic mass is 10.2. The van der Waals surface area contributed by atoms with E-state index in [1.165, 1.54) is 17.9 Å². The number of methoxy groups -OCH3 is 1. The van der Waals surface area contributed by atoms with Gasteiger partial charge in [-0.05, 0) is 18.2 Å². The lowest BCUT2D eigenvalue weighted by Gasteiger charge is -2.04. The molecule has 0 aliphatic heterocycles. The molecule has 2 aromatic rings. The van der Waals surface area contributed by atoms with Gasteiger partial charge in [0.1, 0.15) is 0 Å². The molecule has 5 nitrogen and oxygen atoms in total. The van der Waals surface area contributed by atoms with Crippen molar-refractivity contribution in [3.8, 4) is 0 Å². The van der Waals surface area contributed by atoms with Gasteiger partial charge in [-0.15, -0.1) is 0 Å². The van der Waals surface area contributed by atoms with Gasteiger partial charge in [0.15, 0.2) is 0 Å². The van der Waals surface area contributed by atoms with Crippen molar-refractivity contribution in [3.63, 3.8) is 0 Å². The summed E-state index contributed by atoms with van der Waals surface area (Å²) in [6.45, 7) is 0. The summed E-state index contributed by atoms with van der Waals surface area (Å²) in [5, 5.41) is 0. The van der Waals surface area contributed by atoms with E-state index in [2.05, 4.69) is 9.72 Å². The summed E-state index contributed by atoms with van der Waals surface area (Å²) in [5.41, 5.74) is 1.50. The number of aryl methyl sites for hydroxylation is 1. The van der Waals surface area contributed by atoms with Crippen LogP contribution in [0.2, 0.25) is 0 Å². The third kappa shape index (κ3) is 1.56. The summed E-state index contributed by atoms with van der Waals surface area (Å²) in [6.07, 6.45) is 1.23. The Morgan fingerprint density at radius 2 is 2.19 bits per heavy atom. The fraction of sp³-hybridized carbons (Fsp3) is 0.182. The molecule has 5 heteroatoms. The highest BCUT2D eigenvalue weighted by atomic mass is 16.5. The molecule has 0 radical (unpaired) electrons. The average Bonchev–Trinajstić information content (AvgIpc) is 2.32. The van der Waals surface area contributed by atoms with Gasteiger partial charge >= 0.3 is 5.97 Å². The summed E-state index contributed by atoms with van der Waals surface area (Å²) < 4.78 is 6.08. The second kappa shape index (κ2) is 3.77. The topological polar surface area (TPSA) is 61.2 Å². The Hall–Kier alpha value is -2.17. The fourth-order valence-corrected chi connectivity index (χ4v) is 1.49. The number of esters is 1. The fourth-order valence-electron chi connectivity index (χ4n) is 1.49. The van der Waals surface area contributed by atoms with Crippen molar-refractivity contribution in [2.75, 3.05) is 7.11 Å². The summed E-state index contributed by atoms with van der Waals surface area (Å²) in [4.78, 5) is 26.6. The number of hydrogen-bond acceptors (Lipinski definition) is 4. The number of carbonyl (C=O) groups excluding carboxylic acids is 1. The van der Waals surface area contributed by atoms with Gasteiger partial charge in [-0.3, -0.25) is 4.79 Å². The Bertz CT molecular complexity index is 616. The van der Waals surface area contributed by atoms with Crippen LogP contribution in [0, 0.1) is 0 Å². The molecule has 0 aliphatic carbocycles. The Labute approximate surface area is 91.3 Å². The Balaban J connectivity index is 2.69. The predicted octanol–water partition coefficient (Wildman–Crippen LogP) is 0.720. The number of nitrogens with zero attached hydrogens (tertiary/aromatic N) is 2. The van der Waals surface area contributed by atoms with Gasteiger partial charge in [-0.2, -0.15) is 0 Å². The van der Waals surface area contributed by atoms with Crippen molar-refractivity contribution in [2.45, 2.75) is 0 Å². The molecule has 0 atom stereocenters. The van der Waals surface area contributed by atoms with Crippen LogP contribution in [0.3, 0.4) is 0 Å². The molecule has 0 bridgehead atoms. The zero-order valence-electron chi connectivity index (χ0n) is 8.93. The lowest BCUT2D eigenvalue weighted by molar-refractivity contribution is 0.0601. The second-order valence-corrected chi connectivity index (χ2v) is 3.35. The maximum absolute atomic E-state index is 11.3. The monoisotopic (exact) mass is 218 g/mol. The van der Waals surface area contributed by atoms with Gasteiger partial charge in [-0.1, -0.05) is 0 Å². The normalized spacial score (nSPS) is 10.4. The third-order valence-corrected chi connectivity index (χ3v) is 2.40. The Morgan fingerprint density at radius 1 is 1.44 bits per heavy atom. The molecule has 0 fully saturated rings. The molecule has 0 amide bonds. The smallest absolute Gasteiger partial charge is 0.337 e. The SMILES string of the molecule is COC(=O)c1ccc2c(c1)ncc(=O)n2C. The summed E-state index contributed by atoms with van der Waals surface area (Å²) in [7, 11) is 2.98. The van der Waals surface area contributed by atoms with Crippen molar-refractivity contribution in [1.29, 1.82) is 0 Å². The molecule has 1 heterocycles. The third-order valence-electron chi connectivity index (χ3n) is 2.40. The molecule has 16 heavy (non-hydrogen) atoms. The minimum atomic E-state index is -0.419. The maximum Gasteiger partial charge on any atom is 0.337 e. The summed E-state index contributed by atoms with van der Waals surface area (Å²) in [5.74, 6) is -0.419. The highest BCUT2D eigenvalue weighted by Gasteiger charge is 2.07. The molecule has 0 unspecified atom stereocenters. The van der Waals surface area contributed by atoms with E-state index < -0.39 is 5.97 Å². The number of rotatable bonds is 1. The van der Waals surface area contributed by atoms with Crippen molar-refractivity contribution >= 4 is 17.0 Å². The van der Waals surface area contributed by atoms with Gasteiger partial charge in [-0.25, -0.2) is 9.78 Å². The standard InChI is InChI=1S/C11H10N2O3/c1-13-9-4-3-7(11(15)16-2)5-8(9)12-6-10(13)14/h3-6H,1-2H3. The molecular weight excluding hydrogens is 208 g/mol. The maximum atomic E-state index is 11.3. The predicted molar refractivity (Wildman–Crippen MR) is 58.3 cm³/mol. The van der Waals surface area contributed by atoms with Crippen LogP contribution in [0.25, 0.3) is 11.0 Å². The first-order valence-corrected chi connectivity index (χ1v) is 4.67. The van der Waals surface area contributed by atoms with Gasteiger partial charge in [0.25, 0.3) is 5.56 Å². The van der Waals surface area contributed by atoms with E-state index in [-0.39, 0.29) is 5.56 Å².